The lowest BCUT2D eigenvalue weighted by Gasteiger charge is -2.18. The molecule has 1 N–H and O–H groups in total. The highest BCUT2D eigenvalue weighted by atomic mass is 35.5. The summed E-state index contributed by atoms with van der Waals surface area (Å²) in [5.41, 5.74) is 0.905. The normalized spacial score (nSPS) is 12.6. The number of nitrogens with one attached hydrogen (secondary N) is 1. The van der Waals surface area contributed by atoms with Crippen molar-refractivity contribution in [2.45, 2.75) is 25.8 Å². The summed E-state index contributed by atoms with van der Waals surface area (Å²) in [4.78, 5) is 5.65. The summed E-state index contributed by atoms with van der Waals surface area (Å²) in [5, 5.41) is 4.21. The first-order valence-corrected chi connectivity index (χ1v) is 7.86. The molecule has 2 aromatic rings. The molecule has 1 unspecified atom stereocenters. The van der Waals surface area contributed by atoms with Crippen LogP contribution in [-0.4, -0.2) is 11.5 Å². The van der Waals surface area contributed by atoms with Crippen LogP contribution in [0, 0.1) is 0 Å². The van der Waals surface area contributed by atoms with E-state index >= 15 is 0 Å². The van der Waals surface area contributed by atoms with Crippen molar-refractivity contribution in [2.75, 3.05) is 6.54 Å². The predicted molar refractivity (Wildman–Crippen MR) is 83.3 cm³/mol. The van der Waals surface area contributed by atoms with Crippen molar-refractivity contribution in [3.8, 4) is 0 Å². The van der Waals surface area contributed by atoms with E-state index in [9.17, 15) is 0 Å². The highest BCUT2D eigenvalue weighted by molar-refractivity contribution is 7.16. The van der Waals surface area contributed by atoms with Crippen molar-refractivity contribution in [2.24, 2.45) is 0 Å². The maximum Gasteiger partial charge on any atom is 0.0931 e. The van der Waals surface area contributed by atoms with Gasteiger partial charge in [-0.3, -0.25) is 4.98 Å². The van der Waals surface area contributed by atoms with Crippen LogP contribution in [0.1, 0.15) is 30.0 Å². The molecule has 19 heavy (non-hydrogen) atoms. The van der Waals surface area contributed by atoms with Crippen LogP contribution in [0.15, 0.2) is 30.5 Å². The Morgan fingerprint density at radius 1 is 1.32 bits per heavy atom. The number of rotatable bonds is 6. The summed E-state index contributed by atoms with van der Waals surface area (Å²) < 4.78 is 0.816. The van der Waals surface area contributed by atoms with Gasteiger partial charge in [0.25, 0.3) is 0 Å². The fourth-order valence-corrected chi connectivity index (χ4v) is 3.29. The highest BCUT2D eigenvalue weighted by Crippen LogP contribution is 2.28. The van der Waals surface area contributed by atoms with Gasteiger partial charge in [0.15, 0.2) is 0 Å². The molecule has 0 spiro atoms. The molecule has 0 aliphatic carbocycles. The first-order valence-electron chi connectivity index (χ1n) is 6.28. The van der Waals surface area contributed by atoms with Gasteiger partial charge in [0.1, 0.15) is 0 Å². The van der Waals surface area contributed by atoms with Gasteiger partial charge >= 0.3 is 0 Å². The van der Waals surface area contributed by atoms with Crippen molar-refractivity contribution in [3.63, 3.8) is 0 Å². The van der Waals surface area contributed by atoms with Gasteiger partial charge in [-0.15, -0.1) is 11.3 Å². The average molecular weight is 315 g/mol. The van der Waals surface area contributed by atoms with Gasteiger partial charge in [0.05, 0.1) is 21.1 Å². The molecule has 0 fully saturated rings. The van der Waals surface area contributed by atoms with E-state index in [1.807, 2.05) is 18.2 Å². The Kier molecular flexibility index (Phi) is 5.64. The minimum Gasteiger partial charge on any atom is -0.308 e. The number of thiophene rings is 1. The van der Waals surface area contributed by atoms with Gasteiger partial charge in [-0.25, -0.2) is 0 Å². The van der Waals surface area contributed by atoms with Gasteiger partial charge in [-0.1, -0.05) is 30.1 Å². The molecule has 102 valence electrons. The molecule has 1 atom stereocenters. The second-order valence-corrected chi connectivity index (χ2v) is 6.49. The smallest absolute Gasteiger partial charge is 0.0931 e. The standard InChI is InChI=1S/C14H16Cl2N2S/c1-2-7-17-12(9-10-5-6-13(16)19-10)14-11(15)4-3-8-18-14/h3-6,8,12,17H,2,7,9H2,1H3. The first kappa shape index (κ1) is 14.8. The molecule has 2 aromatic heterocycles. The summed E-state index contributed by atoms with van der Waals surface area (Å²) in [6, 6.07) is 7.85. The molecule has 2 rings (SSSR count). The molecule has 0 aliphatic heterocycles. The second kappa shape index (κ2) is 7.25. The van der Waals surface area contributed by atoms with E-state index < -0.39 is 0 Å². The van der Waals surface area contributed by atoms with Crippen LogP contribution < -0.4 is 5.32 Å². The van der Waals surface area contributed by atoms with Crippen LogP contribution >= 0.6 is 34.5 Å². The third-order valence-corrected chi connectivity index (χ3v) is 4.36. The third-order valence-electron chi connectivity index (χ3n) is 2.79. The van der Waals surface area contributed by atoms with Crippen LogP contribution in [0.25, 0.3) is 0 Å². The molecule has 2 heterocycles. The van der Waals surface area contributed by atoms with Crippen LogP contribution in [0.2, 0.25) is 9.36 Å². The van der Waals surface area contributed by atoms with E-state index in [4.69, 9.17) is 23.2 Å². The van der Waals surface area contributed by atoms with Gasteiger partial charge in [0.2, 0.25) is 0 Å². The van der Waals surface area contributed by atoms with Gasteiger partial charge in [-0.05, 0) is 37.2 Å². The summed E-state index contributed by atoms with van der Waals surface area (Å²) >= 11 is 13.8. The van der Waals surface area contributed by atoms with Crippen molar-refractivity contribution in [1.29, 1.82) is 0 Å². The Morgan fingerprint density at radius 2 is 2.16 bits per heavy atom. The molecular weight excluding hydrogens is 299 g/mol. The molecule has 0 aromatic carbocycles. The zero-order valence-corrected chi connectivity index (χ0v) is 13.0. The number of hydrogen-bond donors (Lipinski definition) is 1. The van der Waals surface area contributed by atoms with E-state index in [2.05, 4.69) is 23.3 Å². The quantitative estimate of drug-likeness (QED) is 0.833. The highest BCUT2D eigenvalue weighted by Gasteiger charge is 2.16. The fraction of sp³-hybridized carbons (Fsp3) is 0.357. The predicted octanol–water partition coefficient (Wildman–Crippen LogP) is 4.73. The SMILES string of the molecule is CCCNC(Cc1ccc(Cl)s1)c1ncccc1Cl. The largest absolute Gasteiger partial charge is 0.308 e. The van der Waals surface area contributed by atoms with Crippen LogP contribution in [0.5, 0.6) is 0 Å². The zero-order chi connectivity index (χ0) is 13.7. The molecule has 0 saturated heterocycles. The molecule has 2 nitrogen and oxygen atoms in total. The Labute approximate surface area is 127 Å². The lowest BCUT2D eigenvalue weighted by atomic mass is 10.1. The Hall–Kier alpha value is -0.610. The van der Waals surface area contributed by atoms with Crippen LogP contribution in [0.3, 0.4) is 0 Å². The summed E-state index contributed by atoms with van der Waals surface area (Å²) in [7, 11) is 0. The van der Waals surface area contributed by atoms with Crippen LogP contribution in [0.4, 0.5) is 0 Å². The number of pyridine rings is 1. The van der Waals surface area contributed by atoms with Crippen molar-refractivity contribution >= 4 is 34.5 Å². The maximum atomic E-state index is 6.24. The summed E-state index contributed by atoms with van der Waals surface area (Å²) in [5.74, 6) is 0. The Balaban J connectivity index is 2.18. The number of nitrogens with zero attached hydrogens (tertiary/aromatic N) is 1. The van der Waals surface area contributed by atoms with Gasteiger partial charge < -0.3 is 5.32 Å². The zero-order valence-electron chi connectivity index (χ0n) is 10.7. The second-order valence-electron chi connectivity index (χ2n) is 4.29. The van der Waals surface area contributed by atoms with Gasteiger partial charge in [-0.2, -0.15) is 0 Å². The van der Waals surface area contributed by atoms with E-state index in [-0.39, 0.29) is 6.04 Å². The fourth-order valence-electron chi connectivity index (χ4n) is 1.90. The van der Waals surface area contributed by atoms with Gasteiger partial charge in [0, 0.05) is 17.5 Å². The van der Waals surface area contributed by atoms with Crippen LogP contribution in [-0.2, 0) is 6.42 Å². The molecule has 0 aliphatic rings. The molecule has 5 heteroatoms. The van der Waals surface area contributed by atoms with E-state index in [0.717, 1.165) is 29.4 Å². The number of aromatic nitrogens is 1. The average Bonchev–Trinajstić information content (AvgIpc) is 2.81. The number of hydrogen-bond acceptors (Lipinski definition) is 3. The summed E-state index contributed by atoms with van der Waals surface area (Å²) in [6.07, 6.45) is 3.71. The number of halogens is 2. The Morgan fingerprint density at radius 3 is 2.79 bits per heavy atom. The van der Waals surface area contributed by atoms with E-state index in [0.29, 0.717) is 5.02 Å². The van der Waals surface area contributed by atoms with E-state index in [1.165, 1.54) is 4.88 Å². The lowest BCUT2D eigenvalue weighted by Crippen LogP contribution is -2.25. The minimum absolute atomic E-state index is 0.128. The topological polar surface area (TPSA) is 24.9 Å². The molecule has 0 radical (unpaired) electrons. The third kappa shape index (κ3) is 4.18. The van der Waals surface area contributed by atoms with Crippen molar-refractivity contribution < 1.29 is 0 Å². The maximum absolute atomic E-state index is 6.24. The monoisotopic (exact) mass is 314 g/mol. The summed E-state index contributed by atoms with van der Waals surface area (Å²) in [6.45, 7) is 3.09. The Bertz CT molecular complexity index is 528. The molecular formula is C14H16Cl2N2S. The molecule has 0 saturated carbocycles. The van der Waals surface area contributed by atoms with Crippen molar-refractivity contribution in [1.82, 2.24) is 10.3 Å². The lowest BCUT2D eigenvalue weighted by molar-refractivity contribution is 0.521. The first-order chi connectivity index (χ1) is 9.20. The van der Waals surface area contributed by atoms with Crippen molar-refractivity contribution in [3.05, 3.63) is 50.4 Å². The molecule has 0 amide bonds. The molecule has 0 bridgehead atoms. The van der Waals surface area contributed by atoms with E-state index in [1.54, 1.807) is 17.5 Å². The minimum atomic E-state index is 0.128.